The molecule has 0 amide bonds. The largest absolute Gasteiger partial charge is 0.377 e. The molecule has 0 aliphatic carbocycles. The van der Waals surface area contributed by atoms with Crippen LogP contribution in [0.25, 0.3) is 0 Å². The monoisotopic (exact) mass is 252 g/mol. The van der Waals surface area contributed by atoms with E-state index >= 15 is 0 Å². The molecule has 1 nitrogen and oxygen atoms in total. The Morgan fingerprint density at radius 2 is 2.06 bits per heavy atom. The molecule has 0 fully saturated rings. The molecule has 1 unspecified atom stereocenters. The van der Waals surface area contributed by atoms with E-state index < -0.39 is 0 Å². The number of allylic oxidation sites excluding steroid dienone is 1. The van der Waals surface area contributed by atoms with Crippen molar-refractivity contribution in [1.29, 1.82) is 0 Å². The Hall–Kier alpha value is -0.790. The van der Waals surface area contributed by atoms with Crippen LogP contribution in [0.1, 0.15) is 24.8 Å². The average Bonchev–Trinajstić information content (AvgIpc) is 2.38. The Balaban J connectivity index is 2.06. The second kappa shape index (κ2) is 9.26. The summed E-state index contributed by atoms with van der Waals surface area (Å²) in [5, 5.41) is 0. The number of alkyl halides is 1. The number of ether oxygens (including phenoxy) is 1. The highest BCUT2D eigenvalue weighted by molar-refractivity contribution is 6.18. The van der Waals surface area contributed by atoms with Crippen molar-refractivity contribution < 1.29 is 4.74 Å². The van der Waals surface area contributed by atoms with Gasteiger partial charge in [-0.2, -0.15) is 0 Å². The van der Waals surface area contributed by atoms with Crippen LogP contribution in [0.15, 0.2) is 43.0 Å². The van der Waals surface area contributed by atoms with Gasteiger partial charge in [-0.15, -0.1) is 18.2 Å². The highest BCUT2D eigenvalue weighted by atomic mass is 35.5. The van der Waals surface area contributed by atoms with Crippen molar-refractivity contribution in [3.05, 3.63) is 48.6 Å². The summed E-state index contributed by atoms with van der Waals surface area (Å²) in [5.74, 6) is 1.26. The van der Waals surface area contributed by atoms with Crippen molar-refractivity contribution in [2.75, 3.05) is 12.5 Å². The van der Waals surface area contributed by atoms with Gasteiger partial charge in [0.15, 0.2) is 0 Å². The Bertz CT molecular complexity index is 297. The van der Waals surface area contributed by atoms with Gasteiger partial charge in [-0.1, -0.05) is 36.4 Å². The van der Waals surface area contributed by atoms with E-state index in [1.54, 1.807) is 0 Å². The molecule has 0 saturated heterocycles. The summed E-state index contributed by atoms with van der Waals surface area (Å²) in [6, 6.07) is 10.3. The number of halogens is 1. The normalized spacial score (nSPS) is 12.3. The van der Waals surface area contributed by atoms with Crippen molar-refractivity contribution in [2.24, 2.45) is 5.92 Å². The molecule has 0 N–H and O–H groups in total. The summed E-state index contributed by atoms with van der Waals surface area (Å²) >= 11 is 5.87. The molecular weight excluding hydrogens is 232 g/mol. The summed E-state index contributed by atoms with van der Waals surface area (Å²) in [4.78, 5) is 0. The molecule has 1 aromatic carbocycles. The fraction of sp³-hybridized carbons (Fsp3) is 0.467. The third-order valence-corrected chi connectivity index (χ3v) is 3.17. The van der Waals surface area contributed by atoms with E-state index in [9.17, 15) is 0 Å². The molecular formula is C15H21ClO. The van der Waals surface area contributed by atoms with Crippen molar-refractivity contribution in [1.82, 2.24) is 0 Å². The van der Waals surface area contributed by atoms with Crippen LogP contribution in [0, 0.1) is 5.92 Å². The molecule has 0 bridgehead atoms. The Morgan fingerprint density at radius 3 is 2.71 bits per heavy atom. The van der Waals surface area contributed by atoms with Gasteiger partial charge in [0.1, 0.15) is 0 Å². The van der Waals surface area contributed by atoms with Gasteiger partial charge in [-0.3, -0.25) is 0 Å². The average molecular weight is 253 g/mol. The number of hydrogen-bond donors (Lipinski definition) is 0. The zero-order chi connectivity index (χ0) is 12.3. The van der Waals surface area contributed by atoms with Crippen LogP contribution in [0.3, 0.4) is 0 Å². The molecule has 0 aliphatic heterocycles. The Morgan fingerprint density at radius 1 is 1.29 bits per heavy atom. The fourth-order valence-electron chi connectivity index (χ4n) is 1.73. The maximum Gasteiger partial charge on any atom is 0.0716 e. The first-order valence-electron chi connectivity index (χ1n) is 6.15. The van der Waals surface area contributed by atoms with Gasteiger partial charge in [-0.25, -0.2) is 0 Å². The number of hydrogen-bond acceptors (Lipinski definition) is 1. The second-order valence-electron chi connectivity index (χ2n) is 4.23. The van der Waals surface area contributed by atoms with Crippen LogP contribution >= 0.6 is 11.6 Å². The SMILES string of the molecule is C=CCC(CCl)CCCOCc1ccccc1. The molecule has 0 spiro atoms. The summed E-state index contributed by atoms with van der Waals surface area (Å²) in [5.41, 5.74) is 1.23. The quantitative estimate of drug-likeness (QED) is 0.359. The molecule has 0 radical (unpaired) electrons. The lowest BCUT2D eigenvalue weighted by atomic mass is 10.0. The second-order valence-corrected chi connectivity index (χ2v) is 4.53. The van der Waals surface area contributed by atoms with Crippen LogP contribution in [0.2, 0.25) is 0 Å². The first-order valence-corrected chi connectivity index (χ1v) is 6.68. The Kier molecular flexibility index (Phi) is 7.78. The van der Waals surface area contributed by atoms with Crippen molar-refractivity contribution in [3.8, 4) is 0 Å². The lowest BCUT2D eigenvalue weighted by Gasteiger charge is -2.11. The maximum atomic E-state index is 5.87. The van der Waals surface area contributed by atoms with E-state index in [1.165, 1.54) is 5.56 Å². The van der Waals surface area contributed by atoms with Crippen LogP contribution in [0.4, 0.5) is 0 Å². The third kappa shape index (κ3) is 6.50. The maximum absolute atomic E-state index is 5.87. The van der Waals surface area contributed by atoms with Crippen LogP contribution in [0.5, 0.6) is 0 Å². The van der Waals surface area contributed by atoms with Gasteiger partial charge in [0.05, 0.1) is 6.61 Å². The molecule has 0 heterocycles. The molecule has 0 aromatic heterocycles. The standard InChI is InChI=1S/C15H21ClO/c1-2-7-14(12-16)10-6-11-17-13-15-8-4-3-5-9-15/h2-5,8-9,14H,1,6-7,10-13H2. The van der Waals surface area contributed by atoms with E-state index in [-0.39, 0.29) is 0 Å². The minimum Gasteiger partial charge on any atom is -0.377 e. The zero-order valence-corrected chi connectivity index (χ0v) is 11.0. The Labute approximate surface area is 109 Å². The van der Waals surface area contributed by atoms with Gasteiger partial charge in [0.2, 0.25) is 0 Å². The summed E-state index contributed by atoms with van der Waals surface area (Å²) in [6.07, 6.45) is 5.13. The molecule has 1 atom stereocenters. The third-order valence-electron chi connectivity index (χ3n) is 2.73. The molecule has 2 heteroatoms. The molecule has 0 saturated carbocycles. The lowest BCUT2D eigenvalue weighted by Crippen LogP contribution is -2.03. The van der Waals surface area contributed by atoms with E-state index in [1.807, 2.05) is 24.3 Å². The molecule has 17 heavy (non-hydrogen) atoms. The highest BCUT2D eigenvalue weighted by Crippen LogP contribution is 2.13. The van der Waals surface area contributed by atoms with Gasteiger partial charge >= 0.3 is 0 Å². The van der Waals surface area contributed by atoms with Gasteiger partial charge < -0.3 is 4.74 Å². The molecule has 1 rings (SSSR count). The number of benzene rings is 1. The van der Waals surface area contributed by atoms with E-state index in [0.717, 1.165) is 25.9 Å². The smallest absolute Gasteiger partial charge is 0.0716 e. The molecule has 1 aromatic rings. The lowest BCUT2D eigenvalue weighted by molar-refractivity contribution is 0.114. The highest BCUT2D eigenvalue weighted by Gasteiger charge is 2.04. The number of rotatable bonds is 9. The summed E-state index contributed by atoms with van der Waals surface area (Å²) < 4.78 is 5.62. The van der Waals surface area contributed by atoms with Crippen LogP contribution < -0.4 is 0 Å². The fourth-order valence-corrected chi connectivity index (χ4v) is 2.01. The van der Waals surface area contributed by atoms with E-state index in [4.69, 9.17) is 16.3 Å². The minimum absolute atomic E-state index is 0.550. The summed E-state index contributed by atoms with van der Waals surface area (Å²) in [6.45, 7) is 5.25. The predicted molar refractivity (Wildman–Crippen MR) is 74.4 cm³/mol. The van der Waals surface area contributed by atoms with Gasteiger partial charge in [-0.05, 0) is 30.7 Å². The minimum atomic E-state index is 0.550. The van der Waals surface area contributed by atoms with E-state index in [0.29, 0.717) is 18.4 Å². The van der Waals surface area contributed by atoms with E-state index in [2.05, 4.69) is 18.7 Å². The van der Waals surface area contributed by atoms with Crippen LogP contribution in [-0.4, -0.2) is 12.5 Å². The van der Waals surface area contributed by atoms with Crippen molar-refractivity contribution in [3.63, 3.8) is 0 Å². The first kappa shape index (κ1) is 14.3. The first-order chi connectivity index (χ1) is 8.36. The van der Waals surface area contributed by atoms with Gasteiger partial charge in [0, 0.05) is 12.5 Å². The molecule has 94 valence electrons. The van der Waals surface area contributed by atoms with Gasteiger partial charge in [0.25, 0.3) is 0 Å². The van der Waals surface area contributed by atoms with Crippen LogP contribution in [-0.2, 0) is 11.3 Å². The van der Waals surface area contributed by atoms with Crippen molar-refractivity contribution >= 4 is 11.6 Å². The summed E-state index contributed by atoms with van der Waals surface area (Å²) in [7, 11) is 0. The predicted octanol–water partition coefficient (Wildman–Crippen LogP) is 4.41. The zero-order valence-electron chi connectivity index (χ0n) is 10.3. The topological polar surface area (TPSA) is 9.23 Å². The molecule has 0 aliphatic rings. The van der Waals surface area contributed by atoms with Crippen molar-refractivity contribution in [2.45, 2.75) is 25.9 Å².